The van der Waals surface area contributed by atoms with Crippen LogP contribution in [-0.4, -0.2) is 22.6 Å². The average molecular weight is 272 g/mol. The maximum absolute atomic E-state index is 5.12. The molecule has 5 nitrogen and oxygen atoms in total. The van der Waals surface area contributed by atoms with E-state index >= 15 is 0 Å². The summed E-state index contributed by atoms with van der Waals surface area (Å²) >= 11 is 0. The van der Waals surface area contributed by atoms with E-state index in [1.807, 2.05) is 30.3 Å². The molecule has 0 aliphatic rings. The lowest BCUT2D eigenvalue weighted by atomic mass is 10.1. The highest BCUT2D eigenvalue weighted by atomic mass is 16.5. The Balaban J connectivity index is 2.10. The summed E-state index contributed by atoms with van der Waals surface area (Å²) in [6, 6.07) is 9.47. The van der Waals surface area contributed by atoms with Crippen molar-refractivity contribution in [1.82, 2.24) is 9.97 Å². The van der Waals surface area contributed by atoms with Crippen molar-refractivity contribution in [3.05, 3.63) is 36.5 Å². The molecule has 20 heavy (non-hydrogen) atoms. The highest BCUT2D eigenvalue weighted by Crippen LogP contribution is 2.19. The molecule has 0 aliphatic heterocycles. The van der Waals surface area contributed by atoms with Crippen molar-refractivity contribution < 1.29 is 4.74 Å². The molecular formula is C15H20N4O. The van der Waals surface area contributed by atoms with Gasteiger partial charge in [-0.2, -0.15) is 4.98 Å². The monoisotopic (exact) mass is 272 g/mol. The predicted octanol–water partition coefficient (Wildman–Crippen LogP) is 3.44. The molecule has 0 radical (unpaired) electrons. The summed E-state index contributed by atoms with van der Waals surface area (Å²) in [5, 5.41) is 6.48. The first-order chi connectivity index (χ1) is 9.46. The number of nitrogens with zero attached hydrogens (tertiary/aromatic N) is 2. The summed E-state index contributed by atoms with van der Waals surface area (Å²) in [7, 11) is 1.65. The van der Waals surface area contributed by atoms with Crippen molar-refractivity contribution in [2.75, 3.05) is 17.7 Å². The molecule has 0 bridgehead atoms. The summed E-state index contributed by atoms with van der Waals surface area (Å²) < 4.78 is 5.12. The second kappa shape index (κ2) is 5.77. The van der Waals surface area contributed by atoms with Crippen LogP contribution in [0, 0.1) is 0 Å². The molecule has 5 heteroatoms. The third-order valence-electron chi connectivity index (χ3n) is 2.50. The predicted molar refractivity (Wildman–Crippen MR) is 81.7 cm³/mol. The summed E-state index contributed by atoms with van der Waals surface area (Å²) in [6.07, 6.45) is 1.73. The zero-order chi connectivity index (χ0) is 14.6. The third-order valence-corrected chi connectivity index (χ3v) is 2.50. The molecular weight excluding hydrogens is 252 g/mol. The van der Waals surface area contributed by atoms with Gasteiger partial charge in [-0.05, 0) is 51.1 Å². The fourth-order valence-electron chi connectivity index (χ4n) is 1.68. The second-order valence-corrected chi connectivity index (χ2v) is 5.49. The van der Waals surface area contributed by atoms with Crippen LogP contribution in [-0.2, 0) is 0 Å². The Morgan fingerprint density at radius 2 is 1.75 bits per heavy atom. The Morgan fingerprint density at radius 1 is 1.05 bits per heavy atom. The van der Waals surface area contributed by atoms with Gasteiger partial charge in [-0.3, -0.25) is 0 Å². The maximum Gasteiger partial charge on any atom is 0.229 e. The first-order valence-corrected chi connectivity index (χ1v) is 6.48. The number of methoxy groups -OCH3 is 1. The summed E-state index contributed by atoms with van der Waals surface area (Å²) in [5.41, 5.74) is 0.879. The minimum atomic E-state index is -0.0360. The van der Waals surface area contributed by atoms with Crippen LogP contribution in [0.1, 0.15) is 20.8 Å². The molecule has 2 N–H and O–H groups in total. The Hall–Kier alpha value is -2.30. The van der Waals surface area contributed by atoms with Crippen molar-refractivity contribution in [1.29, 1.82) is 0 Å². The molecule has 0 atom stereocenters. The molecule has 0 fully saturated rings. The number of nitrogens with one attached hydrogen (secondary N) is 2. The molecule has 1 aromatic heterocycles. The topological polar surface area (TPSA) is 59.1 Å². The van der Waals surface area contributed by atoms with Crippen molar-refractivity contribution >= 4 is 17.5 Å². The molecule has 0 saturated heterocycles. The zero-order valence-electron chi connectivity index (χ0n) is 12.3. The van der Waals surface area contributed by atoms with Crippen LogP contribution in [0.5, 0.6) is 5.75 Å². The Kier molecular flexibility index (Phi) is 4.08. The summed E-state index contributed by atoms with van der Waals surface area (Å²) in [6.45, 7) is 6.27. The Morgan fingerprint density at radius 3 is 2.35 bits per heavy atom. The number of benzene rings is 1. The highest BCUT2D eigenvalue weighted by Gasteiger charge is 2.10. The van der Waals surface area contributed by atoms with Gasteiger partial charge in [-0.1, -0.05) is 0 Å². The van der Waals surface area contributed by atoms with Crippen LogP contribution in [0.15, 0.2) is 36.5 Å². The van der Waals surface area contributed by atoms with Gasteiger partial charge in [0.15, 0.2) is 0 Å². The largest absolute Gasteiger partial charge is 0.497 e. The fourth-order valence-corrected chi connectivity index (χ4v) is 1.68. The van der Waals surface area contributed by atoms with Crippen LogP contribution >= 0.6 is 0 Å². The van der Waals surface area contributed by atoms with Crippen molar-refractivity contribution in [2.45, 2.75) is 26.3 Å². The van der Waals surface area contributed by atoms with E-state index in [9.17, 15) is 0 Å². The number of rotatable bonds is 4. The van der Waals surface area contributed by atoms with Crippen molar-refractivity contribution in [3.63, 3.8) is 0 Å². The number of hydrogen-bond acceptors (Lipinski definition) is 5. The highest BCUT2D eigenvalue weighted by molar-refractivity contribution is 5.56. The molecule has 0 unspecified atom stereocenters. The van der Waals surface area contributed by atoms with Gasteiger partial charge in [-0.15, -0.1) is 0 Å². The normalized spacial score (nSPS) is 11.0. The number of hydrogen-bond donors (Lipinski definition) is 2. The lowest BCUT2D eigenvalue weighted by Gasteiger charge is -2.21. The van der Waals surface area contributed by atoms with E-state index in [1.54, 1.807) is 13.3 Å². The van der Waals surface area contributed by atoms with E-state index in [0.717, 1.165) is 17.3 Å². The molecule has 0 aliphatic carbocycles. The van der Waals surface area contributed by atoms with Crippen LogP contribution in [0.3, 0.4) is 0 Å². The number of aromatic nitrogens is 2. The minimum absolute atomic E-state index is 0.0360. The van der Waals surface area contributed by atoms with Gasteiger partial charge in [0.2, 0.25) is 5.95 Å². The van der Waals surface area contributed by atoms with Crippen molar-refractivity contribution in [3.8, 4) is 5.75 Å². The minimum Gasteiger partial charge on any atom is -0.497 e. The standard InChI is InChI=1S/C15H20N4O/c1-15(2,3)19-13-9-10-16-14(18-13)17-11-5-7-12(20-4)8-6-11/h5-10H,1-4H3,(H2,16,17,18,19). The first kappa shape index (κ1) is 14.1. The number of ether oxygens (including phenoxy) is 1. The van der Waals surface area contributed by atoms with Gasteiger partial charge in [0.25, 0.3) is 0 Å². The fraction of sp³-hybridized carbons (Fsp3) is 0.333. The van der Waals surface area contributed by atoms with Crippen molar-refractivity contribution in [2.24, 2.45) is 0 Å². The van der Waals surface area contributed by atoms with Crippen LogP contribution in [0.2, 0.25) is 0 Å². The molecule has 1 aromatic carbocycles. The Labute approximate surface area is 119 Å². The SMILES string of the molecule is COc1ccc(Nc2nccc(NC(C)(C)C)n2)cc1. The van der Waals surface area contributed by atoms with Gasteiger partial charge in [-0.25, -0.2) is 4.98 Å². The zero-order valence-corrected chi connectivity index (χ0v) is 12.3. The van der Waals surface area contributed by atoms with Crippen LogP contribution in [0.4, 0.5) is 17.5 Å². The van der Waals surface area contributed by atoms with Gasteiger partial charge in [0, 0.05) is 17.4 Å². The molecule has 2 rings (SSSR count). The van der Waals surface area contributed by atoms with E-state index in [-0.39, 0.29) is 5.54 Å². The van der Waals surface area contributed by atoms with E-state index in [2.05, 4.69) is 41.4 Å². The first-order valence-electron chi connectivity index (χ1n) is 6.48. The molecule has 0 spiro atoms. The summed E-state index contributed by atoms with van der Waals surface area (Å²) in [4.78, 5) is 8.65. The summed E-state index contributed by atoms with van der Waals surface area (Å²) in [5.74, 6) is 2.17. The van der Waals surface area contributed by atoms with Crippen LogP contribution < -0.4 is 15.4 Å². The smallest absolute Gasteiger partial charge is 0.229 e. The van der Waals surface area contributed by atoms with Gasteiger partial charge >= 0.3 is 0 Å². The third kappa shape index (κ3) is 4.12. The van der Waals surface area contributed by atoms with Crippen LogP contribution in [0.25, 0.3) is 0 Å². The lowest BCUT2D eigenvalue weighted by molar-refractivity contribution is 0.415. The molecule has 106 valence electrons. The second-order valence-electron chi connectivity index (χ2n) is 5.49. The van der Waals surface area contributed by atoms with E-state index in [4.69, 9.17) is 4.74 Å². The van der Waals surface area contributed by atoms with Gasteiger partial charge in [0.05, 0.1) is 7.11 Å². The Bertz CT molecular complexity index is 561. The van der Waals surface area contributed by atoms with Gasteiger partial charge < -0.3 is 15.4 Å². The van der Waals surface area contributed by atoms with E-state index in [1.165, 1.54) is 0 Å². The molecule has 0 amide bonds. The van der Waals surface area contributed by atoms with E-state index < -0.39 is 0 Å². The molecule has 1 heterocycles. The van der Waals surface area contributed by atoms with E-state index in [0.29, 0.717) is 5.95 Å². The average Bonchev–Trinajstić information content (AvgIpc) is 2.38. The van der Waals surface area contributed by atoms with Gasteiger partial charge in [0.1, 0.15) is 11.6 Å². The number of anilines is 3. The molecule has 0 saturated carbocycles. The lowest BCUT2D eigenvalue weighted by Crippen LogP contribution is -2.26. The quantitative estimate of drug-likeness (QED) is 0.892. The maximum atomic E-state index is 5.12. The molecule has 2 aromatic rings.